The molecule has 28 heavy (non-hydrogen) atoms. The minimum atomic E-state index is -1.09. The van der Waals surface area contributed by atoms with Crippen LogP contribution in [0.2, 0.25) is 0 Å². The van der Waals surface area contributed by atoms with Gasteiger partial charge in [0.1, 0.15) is 0 Å². The summed E-state index contributed by atoms with van der Waals surface area (Å²) in [6.45, 7) is 3.12. The first-order chi connectivity index (χ1) is 13.5. The number of rotatable bonds is 5. The maximum Gasteiger partial charge on any atom is 0.313 e. The van der Waals surface area contributed by atoms with Crippen molar-refractivity contribution in [3.63, 3.8) is 0 Å². The molecule has 1 aromatic heterocycles. The Labute approximate surface area is 162 Å². The molecule has 0 spiro atoms. The third kappa shape index (κ3) is 5.56. The van der Waals surface area contributed by atoms with Gasteiger partial charge in [0.2, 0.25) is 0 Å². The van der Waals surface area contributed by atoms with Gasteiger partial charge >= 0.3 is 11.8 Å². The van der Waals surface area contributed by atoms with Crippen LogP contribution in [-0.2, 0) is 16.1 Å². The summed E-state index contributed by atoms with van der Waals surface area (Å²) in [6.07, 6.45) is 5.41. The zero-order valence-electron chi connectivity index (χ0n) is 15.3. The predicted octanol–water partition coefficient (Wildman–Crippen LogP) is 2.33. The third-order valence-electron chi connectivity index (χ3n) is 4.80. The van der Waals surface area contributed by atoms with Crippen LogP contribution in [0.1, 0.15) is 18.4 Å². The molecule has 0 saturated carbocycles. The number of anilines is 1. The SMILES string of the molecule is O=C(NCC1CCN(Cc2ccncc2)CC1)C(=O)Nc1ccc(F)c(F)c1. The Morgan fingerprint density at radius 1 is 1.04 bits per heavy atom. The number of aromatic nitrogens is 1. The summed E-state index contributed by atoms with van der Waals surface area (Å²) in [4.78, 5) is 30.2. The van der Waals surface area contributed by atoms with Gasteiger partial charge in [0.05, 0.1) is 0 Å². The lowest BCUT2D eigenvalue weighted by Crippen LogP contribution is -2.41. The number of carbonyl (C=O) groups is 2. The fourth-order valence-electron chi connectivity index (χ4n) is 3.17. The fraction of sp³-hybridized carbons (Fsp3) is 0.350. The van der Waals surface area contributed by atoms with E-state index in [-0.39, 0.29) is 5.69 Å². The zero-order valence-corrected chi connectivity index (χ0v) is 15.3. The quantitative estimate of drug-likeness (QED) is 0.771. The van der Waals surface area contributed by atoms with Gasteiger partial charge < -0.3 is 10.6 Å². The van der Waals surface area contributed by atoms with E-state index in [9.17, 15) is 18.4 Å². The Morgan fingerprint density at radius 3 is 2.43 bits per heavy atom. The van der Waals surface area contributed by atoms with Gasteiger partial charge in [0.15, 0.2) is 11.6 Å². The monoisotopic (exact) mass is 388 g/mol. The molecule has 0 aliphatic carbocycles. The molecule has 1 aromatic carbocycles. The van der Waals surface area contributed by atoms with Gasteiger partial charge in [-0.1, -0.05) is 0 Å². The normalized spacial score (nSPS) is 15.2. The number of halogens is 2. The van der Waals surface area contributed by atoms with Crippen LogP contribution >= 0.6 is 0 Å². The lowest BCUT2D eigenvalue weighted by molar-refractivity contribution is -0.136. The van der Waals surface area contributed by atoms with E-state index < -0.39 is 23.4 Å². The van der Waals surface area contributed by atoms with Crippen LogP contribution < -0.4 is 10.6 Å². The minimum absolute atomic E-state index is 0.0310. The molecule has 3 rings (SSSR count). The van der Waals surface area contributed by atoms with Crippen LogP contribution in [0, 0.1) is 17.6 Å². The molecule has 1 aliphatic rings. The Balaban J connectivity index is 1.39. The molecule has 8 heteroatoms. The highest BCUT2D eigenvalue weighted by Crippen LogP contribution is 2.18. The number of nitrogens with zero attached hydrogens (tertiary/aromatic N) is 2. The van der Waals surface area contributed by atoms with Crippen molar-refractivity contribution in [2.45, 2.75) is 19.4 Å². The Hall–Kier alpha value is -2.87. The number of hydrogen-bond acceptors (Lipinski definition) is 4. The molecule has 1 saturated heterocycles. The van der Waals surface area contributed by atoms with E-state index in [1.807, 2.05) is 12.1 Å². The number of benzene rings is 1. The number of likely N-dealkylation sites (tertiary alicyclic amines) is 1. The van der Waals surface area contributed by atoms with Crippen molar-refractivity contribution in [1.29, 1.82) is 0 Å². The molecule has 0 unspecified atom stereocenters. The first kappa shape index (κ1) is 19.9. The fourth-order valence-corrected chi connectivity index (χ4v) is 3.17. The van der Waals surface area contributed by atoms with E-state index in [1.54, 1.807) is 12.4 Å². The smallest absolute Gasteiger partial charge is 0.313 e. The van der Waals surface area contributed by atoms with E-state index in [0.29, 0.717) is 12.5 Å². The summed E-state index contributed by atoms with van der Waals surface area (Å²) in [7, 11) is 0. The Morgan fingerprint density at radius 2 is 1.75 bits per heavy atom. The van der Waals surface area contributed by atoms with Crippen molar-refractivity contribution in [3.05, 3.63) is 59.9 Å². The summed E-state index contributed by atoms with van der Waals surface area (Å²) in [5.74, 6) is -3.49. The Kier molecular flexibility index (Phi) is 6.65. The highest BCUT2D eigenvalue weighted by Gasteiger charge is 2.21. The second-order valence-electron chi connectivity index (χ2n) is 6.87. The summed E-state index contributed by atoms with van der Waals surface area (Å²) < 4.78 is 26.1. The van der Waals surface area contributed by atoms with E-state index >= 15 is 0 Å². The van der Waals surface area contributed by atoms with E-state index in [1.165, 1.54) is 11.6 Å². The maximum absolute atomic E-state index is 13.2. The van der Waals surface area contributed by atoms with Crippen LogP contribution in [0.25, 0.3) is 0 Å². The van der Waals surface area contributed by atoms with Crippen LogP contribution in [0.4, 0.5) is 14.5 Å². The van der Waals surface area contributed by atoms with Crippen LogP contribution in [0.3, 0.4) is 0 Å². The molecule has 1 aliphatic heterocycles. The molecule has 0 atom stereocenters. The average molecular weight is 388 g/mol. The van der Waals surface area contributed by atoms with Gasteiger partial charge in [-0.3, -0.25) is 19.5 Å². The molecule has 2 heterocycles. The summed E-state index contributed by atoms with van der Waals surface area (Å²) in [5, 5.41) is 4.88. The second-order valence-corrected chi connectivity index (χ2v) is 6.87. The van der Waals surface area contributed by atoms with Gasteiger partial charge in [0.25, 0.3) is 0 Å². The molecule has 0 radical (unpaired) electrons. The van der Waals surface area contributed by atoms with Crippen LogP contribution in [-0.4, -0.2) is 41.3 Å². The van der Waals surface area contributed by atoms with E-state index in [4.69, 9.17) is 0 Å². The van der Waals surface area contributed by atoms with Gasteiger partial charge in [-0.25, -0.2) is 8.78 Å². The molecule has 2 N–H and O–H groups in total. The van der Waals surface area contributed by atoms with Crippen LogP contribution in [0.15, 0.2) is 42.7 Å². The summed E-state index contributed by atoms with van der Waals surface area (Å²) in [6, 6.07) is 6.92. The molecule has 2 amide bonds. The number of nitrogens with one attached hydrogen (secondary N) is 2. The number of pyridine rings is 1. The van der Waals surface area contributed by atoms with Crippen molar-refractivity contribution in [2.75, 3.05) is 25.0 Å². The average Bonchev–Trinajstić information content (AvgIpc) is 2.71. The van der Waals surface area contributed by atoms with Crippen molar-refractivity contribution < 1.29 is 18.4 Å². The van der Waals surface area contributed by atoms with Crippen molar-refractivity contribution >= 4 is 17.5 Å². The third-order valence-corrected chi connectivity index (χ3v) is 4.80. The van der Waals surface area contributed by atoms with Crippen LogP contribution in [0.5, 0.6) is 0 Å². The number of piperidine rings is 1. The standard InChI is InChI=1S/C20H22F2N4O2/c21-17-2-1-16(11-18(17)22)25-20(28)19(27)24-12-14-5-9-26(10-6-14)13-15-3-7-23-8-4-15/h1-4,7-8,11,14H,5-6,9-10,12-13H2,(H,24,27)(H,25,28). The molecule has 6 nitrogen and oxygen atoms in total. The summed E-state index contributed by atoms with van der Waals surface area (Å²) >= 11 is 0. The van der Waals surface area contributed by atoms with Crippen molar-refractivity contribution in [2.24, 2.45) is 5.92 Å². The van der Waals surface area contributed by atoms with E-state index in [2.05, 4.69) is 20.5 Å². The topological polar surface area (TPSA) is 74.3 Å². The first-order valence-corrected chi connectivity index (χ1v) is 9.17. The predicted molar refractivity (Wildman–Crippen MR) is 100 cm³/mol. The number of amides is 2. The highest BCUT2D eigenvalue weighted by atomic mass is 19.2. The summed E-state index contributed by atoms with van der Waals surface area (Å²) in [5.41, 5.74) is 1.25. The van der Waals surface area contributed by atoms with Gasteiger partial charge in [-0.05, 0) is 61.7 Å². The molecule has 0 bridgehead atoms. The number of carbonyl (C=O) groups excluding carboxylic acids is 2. The Bertz CT molecular complexity index is 824. The van der Waals surface area contributed by atoms with Gasteiger partial charge in [0, 0.05) is 37.2 Å². The molecule has 1 fully saturated rings. The molecule has 2 aromatic rings. The lowest BCUT2D eigenvalue weighted by atomic mass is 9.96. The zero-order chi connectivity index (χ0) is 19.9. The molecular formula is C20H22F2N4O2. The maximum atomic E-state index is 13.2. The lowest BCUT2D eigenvalue weighted by Gasteiger charge is -2.32. The largest absolute Gasteiger partial charge is 0.348 e. The van der Waals surface area contributed by atoms with E-state index in [0.717, 1.165) is 44.6 Å². The minimum Gasteiger partial charge on any atom is -0.348 e. The number of hydrogen-bond donors (Lipinski definition) is 2. The van der Waals surface area contributed by atoms with Crippen molar-refractivity contribution in [3.8, 4) is 0 Å². The molecule has 148 valence electrons. The molecular weight excluding hydrogens is 366 g/mol. The first-order valence-electron chi connectivity index (χ1n) is 9.17. The van der Waals surface area contributed by atoms with Gasteiger partial charge in [-0.15, -0.1) is 0 Å². The highest BCUT2D eigenvalue weighted by molar-refractivity contribution is 6.39. The van der Waals surface area contributed by atoms with Gasteiger partial charge in [-0.2, -0.15) is 0 Å². The second kappa shape index (κ2) is 9.36. The van der Waals surface area contributed by atoms with Crippen molar-refractivity contribution in [1.82, 2.24) is 15.2 Å².